The molecule has 2 saturated heterocycles. The Labute approximate surface area is 327 Å². The third-order valence-electron chi connectivity index (χ3n) is 11.5. The second-order valence-corrected chi connectivity index (χ2v) is 15.7. The van der Waals surface area contributed by atoms with Crippen LogP contribution in [0.15, 0.2) is 48.8 Å². The Bertz CT molecular complexity index is 1960. The van der Waals surface area contributed by atoms with Crippen LogP contribution >= 0.6 is 0 Å². The molecule has 296 valence electrons. The fourth-order valence-corrected chi connectivity index (χ4v) is 8.42. The maximum Gasteiger partial charge on any atom is 0.407 e. The van der Waals surface area contributed by atoms with E-state index >= 15 is 0 Å². The quantitative estimate of drug-likeness (QED) is 0.145. The van der Waals surface area contributed by atoms with E-state index in [0.717, 1.165) is 72.7 Å². The summed E-state index contributed by atoms with van der Waals surface area (Å²) in [6.45, 7) is 8.83. The molecule has 4 amide bonds. The number of nitrogens with zero attached hydrogens (tertiary/aromatic N) is 4. The van der Waals surface area contributed by atoms with E-state index < -0.39 is 24.3 Å². The topological polar surface area (TPSA) is 175 Å². The number of imidazole rings is 2. The van der Waals surface area contributed by atoms with Gasteiger partial charge in [-0.05, 0) is 95.9 Å². The number of rotatable bonds is 10. The van der Waals surface area contributed by atoms with E-state index in [1.807, 2.05) is 49.9 Å². The molecule has 2 aromatic heterocycles. The van der Waals surface area contributed by atoms with Crippen LogP contribution in [0.1, 0.15) is 88.2 Å². The predicted molar refractivity (Wildman–Crippen MR) is 210 cm³/mol. The molecule has 4 heterocycles. The molecule has 0 bridgehead atoms. The minimum atomic E-state index is -0.684. The lowest BCUT2D eigenvalue weighted by Gasteiger charge is -2.30. The maximum atomic E-state index is 13.6. The van der Waals surface area contributed by atoms with Gasteiger partial charge in [-0.15, -0.1) is 0 Å². The lowest BCUT2D eigenvalue weighted by atomic mass is 9.83. The van der Waals surface area contributed by atoms with E-state index in [1.54, 1.807) is 0 Å². The summed E-state index contributed by atoms with van der Waals surface area (Å²) in [5.74, 6) is 1.02. The molecule has 4 atom stereocenters. The van der Waals surface area contributed by atoms with Gasteiger partial charge in [0, 0.05) is 13.1 Å². The highest BCUT2D eigenvalue weighted by molar-refractivity contribution is 5.87. The lowest BCUT2D eigenvalue weighted by Crippen LogP contribution is -2.51. The average molecular weight is 765 g/mol. The van der Waals surface area contributed by atoms with E-state index in [1.165, 1.54) is 36.5 Å². The summed E-state index contributed by atoms with van der Waals surface area (Å²) in [6.07, 6.45) is 7.51. The Morgan fingerprint density at radius 2 is 1.09 bits per heavy atom. The third-order valence-corrected chi connectivity index (χ3v) is 11.5. The van der Waals surface area contributed by atoms with Crippen LogP contribution in [0, 0.1) is 11.8 Å². The molecule has 14 heteroatoms. The van der Waals surface area contributed by atoms with E-state index in [-0.39, 0.29) is 35.7 Å². The van der Waals surface area contributed by atoms with Crippen molar-refractivity contribution in [2.24, 2.45) is 11.8 Å². The number of aromatic amines is 2. The van der Waals surface area contributed by atoms with Gasteiger partial charge in [-0.3, -0.25) is 9.59 Å². The van der Waals surface area contributed by atoms with Crippen LogP contribution in [-0.4, -0.2) is 93.1 Å². The largest absolute Gasteiger partial charge is 0.453 e. The summed E-state index contributed by atoms with van der Waals surface area (Å²) in [5, 5.41) is 5.42. The Kier molecular flexibility index (Phi) is 11.2. The monoisotopic (exact) mass is 764 g/mol. The molecule has 2 fully saturated rings. The van der Waals surface area contributed by atoms with Crippen molar-refractivity contribution in [2.75, 3.05) is 27.3 Å². The van der Waals surface area contributed by atoms with Gasteiger partial charge in [0.25, 0.3) is 0 Å². The van der Waals surface area contributed by atoms with Crippen LogP contribution in [0.2, 0.25) is 0 Å². The zero-order valence-electron chi connectivity index (χ0n) is 33.0. The van der Waals surface area contributed by atoms with Crippen LogP contribution in [0.4, 0.5) is 9.59 Å². The SMILES string of the molecule is COC(=O)N[C@H](C(=O)N1CCC[C@H]1c1ncc(-c2ccc3c(c2)CCc2cc(-c4cnc([C@@H]5CCCN5C(=O)[C@@H](NC(=O)OC)C(C)C)[nH]4)ccc2-3)[nH]1)C(C)C. The standard InChI is InChI=1S/C42H52N8O6/c1-23(2)35(47-41(53)55-5)39(51)49-17-7-9-33(49)37-43-21-31(45-37)27-13-15-29-25(19-27)11-12-26-20-28(14-16-30(26)29)32-22-44-38(46-32)34-10-8-18-50(34)40(52)36(24(3)4)48-42(54)56-6/h13-16,19-24,33-36H,7-12,17-18H2,1-6H3,(H,43,45)(H,44,46)(H,47,53)(H,48,54)/t33-,34-,35-,36-/m0/s1. The molecule has 4 N–H and O–H groups in total. The van der Waals surface area contributed by atoms with Crippen molar-refractivity contribution in [1.82, 2.24) is 40.4 Å². The molecule has 3 aliphatic rings. The average Bonchev–Trinajstić information content (AvgIpc) is 4.04. The maximum absolute atomic E-state index is 13.6. The zero-order valence-corrected chi connectivity index (χ0v) is 33.0. The summed E-state index contributed by atoms with van der Waals surface area (Å²) < 4.78 is 9.54. The minimum Gasteiger partial charge on any atom is -0.453 e. The van der Waals surface area contributed by atoms with Crippen LogP contribution in [0.25, 0.3) is 33.6 Å². The molecule has 4 aromatic rings. The van der Waals surface area contributed by atoms with Crippen molar-refractivity contribution in [2.45, 2.75) is 90.4 Å². The zero-order chi connectivity index (χ0) is 39.7. The number of aromatic nitrogens is 4. The second-order valence-electron chi connectivity index (χ2n) is 15.7. The highest BCUT2D eigenvalue weighted by Gasteiger charge is 2.39. The molecule has 2 aliphatic heterocycles. The first-order valence-electron chi connectivity index (χ1n) is 19.6. The van der Waals surface area contributed by atoms with E-state index in [0.29, 0.717) is 13.1 Å². The van der Waals surface area contributed by atoms with Gasteiger partial charge < -0.3 is 39.9 Å². The van der Waals surface area contributed by atoms with E-state index in [4.69, 9.17) is 19.4 Å². The van der Waals surface area contributed by atoms with Crippen LogP contribution in [-0.2, 0) is 31.9 Å². The van der Waals surface area contributed by atoms with Gasteiger partial charge in [-0.1, -0.05) is 52.0 Å². The predicted octanol–water partition coefficient (Wildman–Crippen LogP) is 6.32. The molecular formula is C42H52N8O6. The van der Waals surface area contributed by atoms with Crippen molar-refractivity contribution in [3.05, 3.63) is 71.6 Å². The molecule has 0 radical (unpaired) electrons. The van der Waals surface area contributed by atoms with Gasteiger partial charge in [0.05, 0.1) is 50.1 Å². The first-order valence-corrected chi connectivity index (χ1v) is 19.6. The van der Waals surface area contributed by atoms with Gasteiger partial charge >= 0.3 is 12.2 Å². The van der Waals surface area contributed by atoms with Crippen molar-refractivity contribution in [1.29, 1.82) is 0 Å². The molecule has 0 spiro atoms. The van der Waals surface area contributed by atoms with Crippen molar-refractivity contribution >= 4 is 24.0 Å². The molecule has 0 unspecified atom stereocenters. The highest BCUT2D eigenvalue weighted by Crippen LogP contribution is 2.39. The number of aryl methyl sites for hydroxylation is 2. The van der Waals surface area contributed by atoms with Crippen molar-refractivity contribution < 1.29 is 28.7 Å². The first-order chi connectivity index (χ1) is 27.0. The summed E-state index contributed by atoms with van der Waals surface area (Å²) >= 11 is 0. The lowest BCUT2D eigenvalue weighted by molar-refractivity contribution is -0.136. The number of carbonyl (C=O) groups excluding carboxylic acids is 4. The molecule has 14 nitrogen and oxygen atoms in total. The number of likely N-dealkylation sites (tertiary alicyclic amines) is 2. The van der Waals surface area contributed by atoms with Crippen molar-refractivity contribution in [3.8, 4) is 33.6 Å². The van der Waals surface area contributed by atoms with E-state index in [2.05, 4.69) is 57.0 Å². The molecule has 56 heavy (non-hydrogen) atoms. The fraction of sp³-hybridized carbons (Fsp3) is 0.476. The summed E-state index contributed by atoms with van der Waals surface area (Å²) in [5.41, 5.74) is 8.81. The summed E-state index contributed by atoms with van der Waals surface area (Å²) in [7, 11) is 2.59. The Balaban J connectivity index is 1.05. The van der Waals surface area contributed by atoms with Crippen LogP contribution in [0.3, 0.4) is 0 Å². The van der Waals surface area contributed by atoms with Gasteiger partial charge in [-0.2, -0.15) is 0 Å². The number of ether oxygens (including phenoxy) is 2. The normalized spacial score (nSPS) is 18.7. The van der Waals surface area contributed by atoms with E-state index in [9.17, 15) is 19.2 Å². The smallest absolute Gasteiger partial charge is 0.407 e. The number of amides is 4. The van der Waals surface area contributed by atoms with Gasteiger partial charge in [0.2, 0.25) is 11.8 Å². The number of hydrogen-bond donors (Lipinski definition) is 4. The van der Waals surface area contributed by atoms with Crippen molar-refractivity contribution in [3.63, 3.8) is 0 Å². The number of carbonyl (C=O) groups is 4. The number of benzene rings is 2. The molecule has 2 aromatic carbocycles. The number of nitrogens with one attached hydrogen (secondary N) is 4. The summed E-state index contributed by atoms with van der Waals surface area (Å²) in [6, 6.07) is 11.3. The Hall–Kier alpha value is -5.66. The molecule has 0 saturated carbocycles. The summed E-state index contributed by atoms with van der Waals surface area (Å²) in [4.78, 5) is 71.3. The van der Waals surface area contributed by atoms with Crippen LogP contribution in [0.5, 0.6) is 0 Å². The number of hydrogen-bond acceptors (Lipinski definition) is 8. The molecule has 1 aliphatic carbocycles. The molecular weight excluding hydrogens is 713 g/mol. The number of alkyl carbamates (subject to hydrolysis) is 2. The molecule has 7 rings (SSSR count). The highest BCUT2D eigenvalue weighted by atomic mass is 16.5. The number of H-pyrrole nitrogens is 2. The Morgan fingerprint density at radius 1 is 0.679 bits per heavy atom. The third kappa shape index (κ3) is 7.61. The first kappa shape index (κ1) is 38.6. The minimum absolute atomic E-state index is 0.102. The van der Waals surface area contributed by atoms with Gasteiger partial charge in [0.15, 0.2) is 0 Å². The Morgan fingerprint density at radius 3 is 1.46 bits per heavy atom. The van der Waals surface area contributed by atoms with Gasteiger partial charge in [0.1, 0.15) is 23.7 Å². The number of methoxy groups -OCH3 is 2. The second kappa shape index (κ2) is 16.2. The fourth-order valence-electron chi connectivity index (χ4n) is 8.42. The van der Waals surface area contributed by atoms with Crippen LogP contribution < -0.4 is 10.6 Å². The van der Waals surface area contributed by atoms with Gasteiger partial charge in [-0.25, -0.2) is 19.6 Å². The number of fused-ring (bicyclic) bond motifs is 3.